The van der Waals surface area contributed by atoms with Crippen molar-refractivity contribution in [2.75, 3.05) is 19.6 Å². The van der Waals surface area contributed by atoms with Crippen molar-refractivity contribution in [1.82, 2.24) is 10.4 Å². The number of fused-ring (bicyclic) bond motifs is 1. The number of nitrogens with zero attached hydrogens (tertiary/aromatic N) is 1. The van der Waals surface area contributed by atoms with Crippen LogP contribution in [0, 0.1) is 5.92 Å². The number of hydrogen-bond donors (Lipinski definition) is 1. The molecule has 64 valence electrons. The minimum Gasteiger partial charge on any atom is -0.315 e. The van der Waals surface area contributed by atoms with Crippen molar-refractivity contribution in [3.05, 3.63) is 0 Å². The van der Waals surface area contributed by atoms with Crippen molar-refractivity contribution >= 4 is 0 Å². The summed E-state index contributed by atoms with van der Waals surface area (Å²) in [5, 5.41) is 5.49. The molecule has 2 rings (SSSR count). The Morgan fingerprint density at radius 2 is 2.27 bits per heavy atom. The van der Waals surface area contributed by atoms with Crippen LogP contribution in [-0.2, 0) is 4.84 Å². The van der Waals surface area contributed by atoms with Gasteiger partial charge in [-0.05, 0) is 13.8 Å². The molecule has 2 aliphatic rings. The summed E-state index contributed by atoms with van der Waals surface area (Å²) in [6.07, 6.45) is 0.330. The number of hydroxylamine groups is 2. The maximum absolute atomic E-state index is 5.59. The summed E-state index contributed by atoms with van der Waals surface area (Å²) < 4.78 is 0. The van der Waals surface area contributed by atoms with E-state index in [0.29, 0.717) is 12.1 Å². The quantitative estimate of drug-likeness (QED) is 0.619. The van der Waals surface area contributed by atoms with Crippen LogP contribution < -0.4 is 5.32 Å². The smallest absolute Gasteiger partial charge is 0.0737 e. The van der Waals surface area contributed by atoms with Crippen molar-refractivity contribution < 1.29 is 4.84 Å². The SMILES string of the molecule is CC(C)ON1CC2CNCC21. The van der Waals surface area contributed by atoms with E-state index in [1.807, 2.05) is 0 Å². The lowest BCUT2D eigenvalue weighted by Gasteiger charge is -2.43. The fourth-order valence-electron chi connectivity index (χ4n) is 1.86. The van der Waals surface area contributed by atoms with Crippen LogP contribution in [0.2, 0.25) is 0 Å². The van der Waals surface area contributed by atoms with Gasteiger partial charge in [-0.1, -0.05) is 0 Å². The van der Waals surface area contributed by atoms with Gasteiger partial charge in [-0.2, -0.15) is 5.06 Å². The Kier molecular flexibility index (Phi) is 1.87. The minimum absolute atomic E-state index is 0.330. The van der Waals surface area contributed by atoms with Crippen LogP contribution in [0.15, 0.2) is 0 Å². The van der Waals surface area contributed by atoms with Crippen LogP contribution in [0.4, 0.5) is 0 Å². The summed E-state index contributed by atoms with van der Waals surface area (Å²) in [7, 11) is 0. The van der Waals surface area contributed by atoms with Gasteiger partial charge in [0, 0.05) is 25.6 Å². The third kappa shape index (κ3) is 1.28. The fourth-order valence-corrected chi connectivity index (χ4v) is 1.86. The first-order chi connectivity index (χ1) is 5.27. The molecule has 0 bridgehead atoms. The molecule has 1 N–H and O–H groups in total. The lowest BCUT2D eigenvalue weighted by molar-refractivity contribution is -0.265. The summed E-state index contributed by atoms with van der Waals surface area (Å²) in [4.78, 5) is 5.59. The van der Waals surface area contributed by atoms with Crippen molar-refractivity contribution in [3.8, 4) is 0 Å². The Labute approximate surface area is 67.7 Å². The molecule has 0 amide bonds. The van der Waals surface area contributed by atoms with Crippen molar-refractivity contribution in [3.63, 3.8) is 0 Å². The summed E-state index contributed by atoms with van der Waals surface area (Å²) in [5.41, 5.74) is 0. The average Bonchev–Trinajstić information content (AvgIpc) is 2.26. The Morgan fingerprint density at radius 1 is 1.45 bits per heavy atom. The van der Waals surface area contributed by atoms with Gasteiger partial charge >= 0.3 is 0 Å². The molecule has 2 saturated heterocycles. The predicted octanol–water partition coefficient (Wildman–Crippen LogP) is 0.230. The van der Waals surface area contributed by atoms with Crippen LogP contribution in [0.25, 0.3) is 0 Å². The van der Waals surface area contributed by atoms with E-state index in [2.05, 4.69) is 24.2 Å². The highest BCUT2D eigenvalue weighted by molar-refractivity contribution is 4.95. The summed E-state index contributed by atoms with van der Waals surface area (Å²) in [5.74, 6) is 0.855. The van der Waals surface area contributed by atoms with Gasteiger partial charge in [0.25, 0.3) is 0 Å². The van der Waals surface area contributed by atoms with Gasteiger partial charge in [-0.3, -0.25) is 4.84 Å². The van der Waals surface area contributed by atoms with Crippen LogP contribution in [0.3, 0.4) is 0 Å². The molecule has 0 spiro atoms. The Balaban J connectivity index is 1.81. The molecule has 3 heteroatoms. The molecule has 0 aromatic carbocycles. The van der Waals surface area contributed by atoms with Gasteiger partial charge in [-0.15, -0.1) is 0 Å². The van der Waals surface area contributed by atoms with E-state index in [4.69, 9.17) is 4.84 Å². The van der Waals surface area contributed by atoms with E-state index in [0.717, 1.165) is 19.0 Å². The molecule has 0 aromatic heterocycles. The molecule has 2 fully saturated rings. The molecule has 0 saturated carbocycles. The van der Waals surface area contributed by atoms with Crippen LogP contribution in [0.5, 0.6) is 0 Å². The standard InChI is InChI=1S/C8H16N2O/c1-6(2)11-10-5-7-3-9-4-8(7)10/h6-9H,3-5H2,1-2H3. The summed E-state index contributed by atoms with van der Waals surface area (Å²) >= 11 is 0. The lowest BCUT2D eigenvalue weighted by atomic mass is 9.95. The Morgan fingerprint density at radius 3 is 2.91 bits per heavy atom. The lowest BCUT2D eigenvalue weighted by Crippen LogP contribution is -2.55. The van der Waals surface area contributed by atoms with Crippen LogP contribution in [-0.4, -0.2) is 36.8 Å². The molecule has 0 aromatic rings. The highest BCUT2D eigenvalue weighted by Crippen LogP contribution is 2.28. The minimum atomic E-state index is 0.330. The number of hydrogen-bond acceptors (Lipinski definition) is 3. The van der Waals surface area contributed by atoms with Gasteiger partial charge in [-0.25, -0.2) is 0 Å². The van der Waals surface area contributed by atoms with Crippen molar-refractivity contribution in [2.24, 2.45) is 5.92 Å². The fraction of sp³-hybridized carbons (Fsp3) is 1.00. The molecule has 2 aliphatic heterocycles. The Bertz CT molecular complexity index is 149. The third-order valence-electron chi connectivity index (χ3n) is 2.43. The molecule has 0 aliphatic carbocycles. The van der Waals surface area contributed by atoms with Crippen molar-refractivity contribution in [2.45, 2.75) is 26.0 Å². The molecular weight excluding hydrogens is 140 g/mol. The predicted molar refractivity (Wildman–Crippen MR) is 43.1 cm³/mol. The first kappa shape index (κ1) is 7.53. The topological polar surface area (TPSA) is 24.5 Å². The zero-order valence-corrected chi connectivity index (χ0v) is 7.21. The van der Waals surface area contributed by atoms with E-state index >= 15 is 0 Å². The van der Waals surface area contributed by atoms with Gasteiger partial charge in [0.15, 0.2) is 0 Å². The average molecular weight is 156 g/mol. The van der Waals surface area contributed by atoms with Crippen molar-refractivity contribution in [1.29, 1.82) is 0 Å². The second-order valence-electron chi connectivity index (χ2n) is 3.74. The van der Waals surface area contributed by atoms with E-state index < -0.39 is 0 Å². The maximum atomic E-state index is 5.59. The molecule has 11 heavy (non-hydrogen) atoms. The summed E-state index contributed by atoms with van der Waals surface area (Å²) in [6, 6.07) is 0.664. The van der Waals surface area contributed by atoms with E-state index in [9.17, 15) is 0 Å². The van der Waals surface area contributed by atoms with E-state index in [1.54, 1.807) is 0 Å². The molecule has 3 nitrogen and oxygen atoms in total. The molecular formula is C8H16N2O. The second kappa shape index (κ2) is 2.73. The molecule has 2 atom stereocenters. The molecule has 0 radical (unpaired) electrons. The number of rotatable bonds is 2. The highest BCUT2D eigenvalue weighted by atomic mass is 16.7. The van der Waals surface area contributed by atoms with Gasteiger partial charge in [0.1, 0.15) is 0 Å². The monoisotopic (exact) mass is 156 g/mol. The zero-order chi connectivity index (χ0) is 7.84. The largest absolute Gasteiger partial charge is 0.315 e. The summed E-state index contributed by atoms with van der Waals surface area (Å²) in [6.45, 7) is 7.57. The molecule has 2 unspecified atom stereocenters. The highest BCUT2D eigenvalue weighted by Gasteiger charge is 2.43. The second-order valence-corrected chi connectivity index (χ2v) is 3.74. The number of nitrogens with one attached hydrogen (secondary N) is 1. The van der Waals surface area contributed by atoms with Crippen LogP contribution in [0.1, 0.15) is 13.8 Å². The van der Waals surface area contributed by atoms with E-state index in [-0.39, 0.29) is 0 Å². The third-order valence-corrected chi connectivity index (χ3v) is 2.43. The van der Waals surface area contributed by atoms with E-state index in [1.165, 1.54) is 6.54 Å². The maximum Gasteiger partial charge on any atom is 0.0737 e. The zero-order valence-electron chi connectivity index (χ0n) is 7.21. The first-order valence-electron chi connectivity index (χ1n) is 4.41. The first-order valence-corrected chi connectivity index (χ1v) is 4.41. The van der Waals surface area contributed by atoms with Crippen LogP contribution >= 0.6 is 0 Å². The molecule has 2 heterocycles. The van der Waals surface area contributed by atoms with Gasteiger partial charge in [0.05, 0.1) is 12.1 Å². The normalized spacial score (nSPS) is 37.4. The van der Waals surface area contributed by atoms with Gasteiger partial charge < -0.3 is 5.32 Å². The van der Waals surface area contributed by atoms with Gasteiger partial charge in [0.2, 0.25) is 0 Å². The Hall–Kier alpha value is -0.120.